The predicted molar refractivity (Wildman–Crippen MR) is 53.2 cm³/mol. The summed E-state index contributed by atoms with van der Waals surface area (Å²) in [5.74, 6) is 0.258. The zero-order valence-electron chi connectivity index (χ0n) is 6.76. The Morgan fingerprint density at radius 2 is 2.15 bits per heavy atom. The van der Waals surface area contributed by atoms with Crippen molar-refractivity contribution in [1.82, 2.24) is 4.98 Å². The van der Waals surface area contributed by atoms with Gasteiger partial charge >= 0.3 is 0 Å². The lowest BCUT2D eigenvalue weighted by atomic mass is 10.4. The molecular formula is C7H9Cl2N3O. The summed E-state index contributed by atoms with van der Waals surface area (Å²) in [7, 11) is 0. The van der Waals surface area contributed by atoms with Gasteiger partial charge in [0, 0.05) is 6.54 Å². The van der Waals surface area contributed by atoms with Gasteiger partial charge in [0.25, 0.3) is 0 Å². The van der Waals surface area contributed by atoms with Crippen LogP contribution in [0.1, 0.15) is 0 Å². The van der Waals surface area contributed by atoms with Gasteiger partial charge in [-0.2, -0.15) is 0 Å². The van der Waals surface area contributed by atoms with Crippen LogP contribution in [0.4, 0.5) is 5.69 Å². The van der Waals surface area contributed by atoms with E-state index in [9.17, 15) is 0 Å². The number of hydrogen-bond donors (Lipinski definition) is 2. The van der Waals surface area contributed by atoms with E-state index in [-0.39, 0.29) is 16.6 Å². The van der Waals surface area contributed by atoms with E-state index in [1.807, 2.05) is 0 Å². The van der Waals surface area contributed by atoms with Crippen LogP contribution in [-0.4, -0.2) is 18.1 Å². The number of pyridine rings is 1. The topological polar surface area (TPSA) is 74.2 Å². The van der Waals surface area contributed by atoms with Crippen molar-refractivity contribution < 1.29 is 4.74 Å². The molecule has 6 heteroatoms. The van der Waals surface area contributed by atoms with Crippen LogP contribution in [0.5, 0.6) is 5.88 Å². The maximum atomic E-state index is 5.80. The van der Waals surface area contributed by atoms with Gasteiger partial charge in [0.05, 0.1) is 16.9 Å². The largest absolute Gasteiger partial charge is 0.475 e. The number of nitrogens with two attached hydrogens (primary N) is 2. The van der Waals surface area contributed by atoms with Crippen LogP contribution in [0.15, 0.2) is 6.20 Å². The third-order valence-electron chi connectivity index (χ3n) is 1.33. The Balaban J connectivity index is 2.90. The zero-order valence-corrected chi connectivity index (χ0v) is 8.27. The number of anilines is 1. The molecular weight excluding hydrogens is 213 g/mol. The van der Waals surface area contributed by atoms with Crippen molar-refractivity contribution in [2.24, 2.45) is 5.73 Å². The van der Waals surface area contributed by atoms with E-state index in [2.05, 4.69) is 4.98 Å². The monoisotopic (exact) mass is 221 g/mol. The quantitative estimate of drug-likeness (QED) is 0.808. The van der Waals surface area contributed by atoms with Crippen molar-refractivity contribution in [3.05, 3.63) is 16.2 Å². The fraction of sp³-hybridized carbons (Fsp3) is 0.286. The molecule has 0 aliphatic heterocycles. The standard InChI is InChI=1S/C7H9Cl2N3O/c8-4-3-12-7(13-2-1-10)5(9)6(4)11/h3H,1-2,10H2,(H2,11,12). The third kappa shape index (κ3) is 2.37. The van der Waals surface area contributed by atoms with Gasteiger partial charge in [-0.1, -0.05) is 23.2 Å². The molecule has 0 amide bonds. The molecule has 0 saturated heterocycles. The molecule has 4 nitrogen and oxygen atoms in total. The average molecular weight is 222 g/mol. The fourth-order valence-corrected chi connectivity index (χ4v) is 1.11. The van der Waals surface area contributed by atoms with Crippen molar-refractivity contribution in [2.45, 2.75) is 0 Å². The molecule has 0 bridgehead atoms. The zero-order chi connectivity index (χ0) is 9.84. The number of ether oxygens (including phenoxy) is 1. The van der Waals surface area contributed by atoms with Crippen molar-refractivity contribution in [3.8, 4) is 5.88 Å². The molecule has 13 heavy (non-hydrogen) atoms. The van der Waals surface area contributed by atoms with Crippen LogP contribution >= 0.6 is 23.2 Å². The maximum Gasteiger partial charge on any atom is 0.234 e. The number of nitrogen functional groups attached to an aromatic ring is 1. The highest BCUT2D eigenvalue weighted by Gasteiger charge is 2.09. The summed E-state index contributed by atoms with van der Waals surface area (Å²) in [6.45, 7) is 0.730. The van der Waals surface area contributed by atoms with E-state index in [0.29, 0.717) is 18.2 Å². The lowest BCUT2D eigenvalue weighted by Gasteiger charge is -2.07. The first-order valence-electron chi connectivity index (χ1n) is 3.59. The Morgan fingerprint density at radius 3 is 2.77 bits per heavy atom. The molecule has 1 rings (SSSR count). The minimum Gasteiger partial charge on any atom is -0.475 e. The van der Waals surface area contributed by atoms with Gasteiger partial charge in [-0.3, -0.25) is 0 Å². The van der Waals surface area contributed by atoms with Crippen LogP contribution in [0.2, 0.25) is 10.0 Å². The average Bonchev–Trinajstić information content (AvgIpc) is 2.13. The van der Waals surface area contributed by atoms with Gasteiger partial charge < -0.3 is 16.2 Å². The Morgan fingerprint density at radius 1 is 1.46 bits per heavy atom. The fourth-order valence-electron chi connectivity index (χ4n) is 0.718. The first-order valence-corrected chi connectivity index (χ1v) is 4.34. The molecule has 0 saturated carbocycles. The van der Waals surface area contributed by atoms with E-state index in [0.717, 1.165) is 0 Å². The second-order valence-corrected chi connectivity index (χ2v) is 3.06. The molecule has 0 fully saturated rings. The van der Waals surface area contributed by atoms with Crippen molar-refractivity contribution in [3.63, 3.8) is 0 Å². The second-order valence-electron chi connectivity index (χ2n) is 2.28. The Labute approximate surface area is 85.8 Å². The minimum atomic E-state index is 0.223. The smallest absolute Gasteiger partial charge is 0.234 e. The summed E-state index contributed by atoms with van der Waals surface area (Å²) in [5.41, 5.74) is 11.0. The normalized spacial score (nSPS) is 10.1. The van der Waals surface area contributed by atoms with Gasteiger partial charge in [0.1, 0.15) is 11.6 Å². The predicted octanol–water partition coefficient (Wildman–Crippen LogP) is 1.31. The maximum absolute atomic E-state index is 5.80. The third-order valence-corrected chi connectivity index (χ3v) is 2.00. The van der Waals surface area contributed by atoms with Gasteiger partial charge in [-0.15, -0.1) is 0 Å². The van der Waals surface area contributed by atoms with Crippen LogP contribution < -0.4 is 16.2 Å². The number of hydrogen-bond acceptors (Lipinski definition) is 4. The summed E-state index contributed by atoms with van der Waals surface area (Å²) in [6.07, 6.45) is 1.38. The van der Waals surface area contributed by atoms with Crippen LogP contribution in [0, 0.1) is 0 Å². The highest BCUT2D eigenvalue weighted by atomic mass is 35.5. The molecule has 1 aromatic rings. The lowest BCUT2D eigenvalue weighted by Crippen LogP contribution is -2.11. The second kappa shape index (κ2) is 4.50. The van der Waals surface area contributed by atoms with Crippen LogP contribution in [0.3, 0.4) is 0 Å². The lowest BCUT2D eigenvalue weighted by molar-refractivity contribution is 0.316. The van der Waals surface area contributed by atoms with Gasteiger partial charge in [-0.25, -0.2) is 4.98 Å². The number of halogens is 2. The molecule has 0 radical (unpaired) electrons. The Hall–Kier alpha value is -0.710. The number of aromatic nitrogens is 1. The van der Waals surface area contributed by atoms with Crippen LogP contribution in [0.25, 0.3) is 0 Å². The van der Waals surface area contributed by atoms with E-state index in [1.54, 1.807) is 0 Å². The molecule has 4 N–H and O–H groups in total. The summed E-state index contributed by atoms with van der Waals surface area (Å²) in [5, 5.41) is 0.533. The van der Waals surface area contributed by atoms with Crippen LogP contribution in [-0.2, 0) is 0 Å². The molecule has 0 aliphatic rings. The molecule has 72 valence electrons. The molecule has 1 heterocycles. The minimum absolute atomic E-state index is 0.223. The highest BCUT2D eigenvalue weighted by Crippen LogP contribution is 2.32. The molecule has 0 aromatic carbocycles. The van der Waals surface area contributed by atoms with Gasteiger partial charge in [0.2, 0.25) is 5.88 Å². The van der Waals surface area contributed by atoms with E-state index < -0.39 is 0 Å². The summed E-state index contributed by atoms with van der Waals surface area (Å²) in [6, 6.07) is 0. The molecule has 0 aliphatic carbocycles. The first-order chi connectivity index (χ1) is 6.16. The number of rotatable bonds is 3. The molecule has 0 spiro atoms. The summed E-state index contributed by atoms with van der Waals surface area (Å²) >= 11 is 11.5. The Kier molecular flexibility index (Phi) is 3.59. The Bertz CT molecular complexity index is 306. The number of nitrogens with zero attached hydrogens (tertiary/aromatic N) is 1. The van der Waals surface area contributed by atoms with Crippen molar-refractivity contribution >= 4 is 28.9 Å². The van der Waals surface area contributed by atoms with Gasteiger partial charge in [0.15, 0.2) is 0 Å². The molecule has 0 unspecified atom stereocenters. The molecule has 1 aromatic heterocycles. The SMILES string of the molecule is NCCOc1ncc(Cl)c(N)c1Cl. The van der Waals surface area contributed by atoms with E-state index in [4.69, 9.17) is 39.4 Å². The summed E-state index contributed by atoms with van der Waals surface area (Å²) < 4.78 is 5.12. The van der Waals surface area contributed by atoms with E-state index in [1.165, 1.54) is 6.20 Å². The highest BCUT2D eigenvalue weighted by molar-refractivity contribution is 6.39. The molecule has 0 atom stereocenters. The summed E-state index contributed by atoms with van der Waals surface area (Å²) in [4.78, 5) is 3.85. The van der Waals surface area contributed by atoms with Crippen molar-refractivity contribution in [2.75, 3.05) is 18.9 Å². The van der Waals surface area contributed by atoms with E-state index >= 15 is 0 Å². The first kappa shape index (κ1) is 10.4. The van der Waals surface area contributed by atoms with Crippen molar-refractivity contribution in [1.29, 1.82) is 0 Å². The van der Waals surface area contributed by atoms with Gasteiger partial charge in [-0.05, 0) is 0 Å².